The van der Waals surface area contributed by atoms with Crippen molar-refractivity contribution in [3.8, 4) is 11.1 Å². The first kappa shape index (κ1) is 23.5. The standard InChI is InChI=1S/C18H22Br2N2O4S2/c1-3-9-22(10-4-2)28(25,26)18-12-14(20)6-8-16(18)15-7-5-13(19)11-17(15)27(21,23)24/h5-8,11-12H,3-4,9-10H2,1-2H3,(H2,21,23,24). The number of halogens is 2. The summed E-state index contributed by atoms with van der Waals surface area (Å²) in [5.41, 5.74) is 0.529. The van der Waals surface area contributed by atoms with Gasteiger partial charge in [-0.15, -0.1) is 0 Å². The predicted molar refractivity (Wildman–Crippen MR) is 118 cm³/mol. The van der Waals surface area contributed by atoms with Crippen LogP contribution in [0.4, 0.5) is 0 Å². The Morgan fingerprint density at radius 1 is 0.821 bits per heavy atom. The third kappa shape index (κ3) is 5.22. The minimum atomic E-state index is -4.07. The molecule has 2 rings (SSSR count). The lowest BCUT2D eigenvalue weighted by Gasteiger charge is -2.23. The van der Waals surface area contributed by atoms with Crippen LogP contribution in [-0.4, -0.2) is 34.2 Å². The van der Waals surface area contributed by atoms with Gasteiger partial charge in [-0.3, -0.25) is 0 Å². The Hall–Kier alpha value is -0.780. The van der Waals surface area contributed by atoms with Gasteiger partial charge in [-0.2, -0.15) is 4.31 Å². The summed E-state index contributed by atoms with van der Waals surface area (Å²) >= 11 is 6.57. The number of hydrogen-bond donors (Lipinski definition) is 1. The van der Waals surface area contributed by atoms with Crippen molar-refractivity contribution in [1.29, 1.82) is 0 Å². The van der Waals surface area contributed by atoms with Gasteiger partial charge in [0.15, 0.2) is 0 Å². The number of primary sulfonamides is 1. The zero-order chi connectivity index (χ0) is 21.1. The molecule has 0 fully saturated rings. The normalized spacial score (nSPS) is 12.5. The summed E-state index contributed by atoms with van der Waals surface area (Å²) in [6.07, 6.45) is 1.34. The summed E-state index contributed by atoms with van der Waals surface area (Å²) in [7, 11) is -7.91. The van der Waals surface area contributed by atoms with Crippen molar-refractivity contribution in [3.63, 3.8) is 0 Å². The van der Waals surface area contributed by atoms with Crippen LogP contribution in [0.3, 0.4) is 0 Å². The van der Waals surface area contributed by atoms with E-state index in [4.69, 9.17) is 5.14 Å². The molecule has 0 aliphatic rings. The average molecular weight is 554 g/mol. The number of nitrogens with two attached hydrogens (primary N) is 1. The molecule has 6 nitrogen and oxygen atoms in total. The van der Waals surface area contributed by atoms with E-state index in [9.17, 15) is 16.8 Å². The summed E-state index contributed by atoms with van der Waals surface area (Å²) in [6, 6.07) is 9.34. The maximum Gasteiger partial charge on any atom is 0.243 e. The van der Waals surface area contributed by atoms with Crippen molar-refractivity contribution < 1.29 is 16.8 Å². The molecule has 0 aliphatic heterocycles. The highest BCUT2D eigenvalue weighted by molar-refractivity contribution is 9.10. The quantitative estimate of drug-likeness (QED) is 0.525. The molecule has 2 aromatic carbocycles. The van der Waals surface area contributed by atoms with Gasteiger partial charge in [0.25, 0.3) is 0 Å². The predicted octanol–water partition coefficient (Wildman–Crippen LogP) is 4.34. The Balaban J connectivity index is 2.81. The van der Waals surface area contributed by atoms with Crippen molar-refractivity contribution in [3.05, 3.63) is 45.3 Å². The van der Waals surface area contributed by atoms with E-state index in [1.54, 1.807) is 24.3 Å². The lowest BCUT2D eigenvalue weighted by molar-refractivity contribution is 0.410. The Bertz CT molecular complexity index is 1060. The first-order chi connectivity index (χ1) is 13.0. The van der Waals surface area contributed by atoms with Gasteiger partial charge in [0, 0.05) is 33.2 Å². The van der Waals surface area contributed by atoms with Crippen LogP contribution >= 0.6 is 31.9 Å². The Morgan fingerprint density at radius 2 is 1.25 bits per heavy atom. The molecule has 0 spiro atoms. The molecule has 0 unspecified atom stereocenters. The fourth-order valence-electron chi connectivity index (χ4n) is 2.88. The van der Waals surface area contributed by atoms with Gasteiger partial charge in [0.1, 0.15) is 0 Å². The van der Waals surface area contributed by atoms with Gasteiger partial charge in [-0.25, -0.2) is 22.0 Å². The van der Waals surface area contributed by atoms with Gasteiger partial charge >= 0.3 is 0 Å². The average Bonchev–Trinajstić information content (AvgIpc) is 2.61. The molecule has 0 saturated carbocycles. The Labute approximate surface area is 183 Å². The van der Waals surface area contributed by atoms with E-state index in [1.165, 1.54) is 16.4 Å². The van der Waals surface area contributed by atoms with E-state index in [-0.39, 0.29) is 20.9 Å². The third-order valence-corrected chi connectivity index (χ3v) is 7.92. The van der Waals surface area contributed by atoms with Crippen molar-refractivity contribution >= 4 is 51.9 Å². The number of hydrogen-bond acceptors (Lipinski definition) is 4. The minimum absolute atomic E-state index is 0.0380. The number of rotatable bonds is 8. The molecule has 10 heteroatoms. The van der Waals surface area contributed by atoms with Crippen LogP contribution in [0.25, 0.3) is 11.1 Å². The van der Waals surface area contributed by atoms with Crippen molar-refractivity contribution in [2.45, 2.75) is 36.5 Å². The minimum Gasteiger partial charge on any atom is -0.225 e. The second-order valence-electron chi connectivity index (χ2n) is 6.23. The molecule has 154 valence electrons. The Morgan fingerprint density at radius 3 is 1.68 bits per heavy atom. The third-order valence-electron chi connectivity index (χ3n) is 4.05. The highest BCUT2D eigenvalue weighted by Crippen LogP contribution is 2.36. The summed E-state index contributed by atoms with van der Waals surface area (Å²) in [5, 5.41) is 5.39. The first-order valence-corrected chi connectivity index (χ1v) is 13.2. The monoisotopic (exact) mass is 552 g/mol. The van der Waals surface area contributed by atoms with Crippen LogP contribution in [0, 0.1) is 0 Å². The first-order valence-electron chi connectivity index (χ1n) is 8.64. The molecule has 0 amide bonds. The van der Waals surface area contributed by atoms with Crippen LogP contribution in [0.1, 0.15) is 26.7 Å². The van der Waals surface area contributed by atoms with Crippen LogP contribution < -0.4 is 5.14 Å². The van der Waals surface area contributed by atoms with Gasteiger partial charge < -0.3 is 0 Å². The highest BCUT2D eigenvalue weighted by atomic mass is 79.9. The molecule has 0 radical (unpaired) electrons. The Kier molecular flexibility index (Phi) is 7.85. The van der Waals surface area contributed by atoms with Gasteiger partial charge in [-0.05, 0) is 37.1 Å². The molecule has 0 aromatic heterocycles. The summed E-state index contributed by atoms with van der Waals surface area (Å²) < 4.78 is 53.6. The molecule has 0 aliphatic carbocycles. The lowest BCUT2D eigenvalue weighted by Crippen LogP contribution is -2.33. The molecule has 0 saturated heterocycles. The molecule has 0 atom stereocenters. The number of benzene rings is 2. The molecule has 2 N–H and O–H groups in total. The second-order valence-corrected chi connectivity index (χ2v) is 11.5. The highest BCUT2D eigenvalue weighted by Gasteiger charge is 2.28. The molecular weight excluding hydrogens is 532 g/mol. The topological polar surface area (TPSA) is 97.5 Å². The van der Waals surface area contributed by atoms with Crippen molar-refractivity contribution in [2.75, 3.05) is 13.1 Å². The summed E-state index contributed by atoms with van der Waals surface area (Å²) in [6.45, 7) is 4.58. The SMILES string of the molecule is CCCN(CCC)S(=O)(=O)c1cc(Br)ccc1-c1ccc(Br)cc1S(N)(=O)=O. The van der Waals surface area contributed by atoms with E-state index in [1.807, 2.05) is 13.8 Å². The smallest absolute Gasteiger partial charge is 0.225 e. The second kappa shape index (κ2) is 9.36. The van der Waals surface area contributed by atoms with Gasteiger partial charge in [0.2, 0.25) is 20.0 Å². The summed E-state index contributed by atoms with van der Waals surface area (Å²) in [4.78, 5) is -0.103. The molecule has 0 bridgehead atoms. The largest absolute Gasteiger partial charge is 0.243 e. The van der Waals surface area contributed by atoms with E-state index in [0.29, 0.717) is 34.9 Å². The molecule has 0 heterocycles. The van der Waals surface area contributed by atoms with Crippen LogP contribution in [-0.2, 0) is 20.0 Å². The number of nitrogens with zero attached hydrogens (tertiary/aromatic N) is 1. The van der Waals surface area contributed by atoms with Crippen LogP contribution in [0.2, 0.25) is 0 Å². The van der Waals surface area contributed by atoms with Crippen molar-refractivity contribution in [2.24, 2.45) is 5.14 Å². The van der Waals surface area contributed by atoms with Crippen molar-refractivity contribution in [1.82, 2.24) is 4.31 Å². The summed E-state index contributed by atoms with van der Waals surface area (Å²) in [5.74, 6) is 0. The van der Waals surface area contributed by atoms with E-state index >= 15 is 0 Å². The van der Waals surface area contributed by atoms with E-state index < -0.39 is 20.0 Å². The maximum atomic E-state index is 13.4. The van der Waals surface area contributed by atoms with Gasteiger partial charge in [-0.1, -0.05) is 57.8 Å². The zero-order valence-electron chi connectivity index (χ0n) is 15.5. The molecular formula is C18H22Br2N2O4S2. The van der Waals surface area contributed by atoms with E-state index in [2.05, 4.69) is 31.9 Å². The maximum absolute atomic E-state index is 13.4. The van der Waals surface area contributed by atoms with E-state index in [0.717, 1.165) is 0 Å². The lowest BCUT2D eigenvalue weighted by atomic mass is 10.1. The number of sulfonamides is 2. The zero-order valence-corrected chi connectivity index (χ0v) is 20.3. The van der Waals surface area contributed by atoms with Crippen LogP contribution in [0.15, 0.2) is 55.1 Å². The fourth-order valence-corrected chi connectivity index (χ4v) is 6.53. The molecule has 28 heavy (non-hydrogen) atoms. The van der Waals surface area contributed by atoms with Gasteiger partial charge in [0.05, 0.1) is 9.79 Å². The molecule has 2 aromatic rings. The van der Waals surface area contributed by atoms with Crippen LogP contribution in [0.5, 0.6) is 0 Å². The fraction of sp³-hybridized carbons (Fsp3) is 0.333.